The van der Waals surface area contributed by atoms with Gasteiger partial charge in [0.05, 0.1) is 27.7 Å². The number of aliphatic hydroxyl groups is 4. The summed E-state index contributed by atoms with van der Waals surface area (Å²) in [4.78, 5) is 13.3. The molecule has 1 aliphatic rings. The van der Waals surface area contributed by atoms with E-state index in [0.717, 1.165) is 0 Å². The topological polar surface area (TPSA) is 110 Å². The molecule has 0 saturated carbocycles. The third kappa shape index (κ3) is 4.30. The van der Waals surface area contributed by atoms with Crippen molar-refractivity contribution in [2.24, 2.45) is 0 Å². The molecule has 17 heavy (non-hydrogen) atoms. The predicted molar refractivity (Wildman–Crippen MR) is 57.4 cm³/mol. The fraction of sp³-hybridized carbons (Fsp3) is 0.900. The van der Waals surface area contributed by atoms with Crippen molar-refractivity contribution in [1.82, 2.24) is 4.90 Å². The second kappa shape index (κ2) is 7.00. The molecule has 4 atom stereocenters. The maximum absolute atomic E-state index is 11.6. The number of ketones is 1. The van der Waals surface area contributed by atoms with E-state index in [9.17, 15) is 15.0 Å². The van der Waals surface area contributed by atoms with Gasteiger partial charge in [-0.25, -0.2) is 0 Å². The third-order valence-electron chi connectivity index (χ3n) is 2.59. The minimum absolute atomic E-state index is 0.130. The summed E-state index contributed by atoms with van der Waals surface area (Å²) in [6, 6.07) is 0. The zero-order valence-corrected chi connectivity index (χ0v) is 9.40. The van der Waals surface area contributed by atoms with Gasteiger partial charge in [0.15, 0.2) is 5.78 Å². The highest BCUT2D eigenvalue weighted by molar-refractivity contribution is 5.85. The summed E-state index contributed by atoms with van der Waals surface area (Å²) in [7, 11) is 0. The van der Waals surface area contributed by atoms with Crippen LogP contribution in [0.2, 0.25) is 0 Å². The average molecular weight is 250 g/mol. The first-order chi connectivity index (χ1) is 8.45. The van der Waals surface area contributed by atoms with Crippen LogP contribution in [0.4, 0.5) is 0 Å². The summed E-state index contributed by atoms with van der Waals surface area (Å²) in [5.74, 6) is -0.663. The lowest BCUT2D eigenvalue weighted by atomic mass is 10.0. The molecule has 1 heterocycles. The SMILES string of the molecule is [2H]C1CN(CC(=O)[C@@H](O)[C@H](O)[C@H](O)CO)CCO1. The molecule has 0 aliphatic carbocycles. The van der Waals surface area contributed by atoms with Crippen LogP contribution in [-0.4, -0.2) is 88.9 Å². The van der Waals surface area contributed by atoms with Crippen LogP contribution in [-0.2, 0) is 9.53 Å². The quantitative estimate of drug-likeness (QED) is 0.396. The molecule has 1 rings (SSSR count). The van der Waals surface area contributed by atoms with E-state index < -0.39 is 37.3 Å². The van der Waals surface area contributed by atoms with Gasteiger partial charge in [-0.3, -0.25) is 9.69 Å². The number of hydrogen-bond acceptors (Lipinski definition) is 7. The van der Waals surface area contributed by atoms with E-state index in [1.165, 1.54) is 0 Å². The van der Waals surface area contributed by atoms with E-state index in [1.54, 1.807) is 4.90 Å². The molecular formula is C10H19NO6. The Morgan fingerprint density at radius 3 is 2.71 bits per heavy atom. The normalized spacial score (nSPS) is 28.2. The predicted octanol–water partition coefficient (Wildman–Crippen LogP) is -3.04. The number of Topliss-reactive ketones (excluding diaryl/α,β-unsaturated/α-hetero) is 1. The van der Waals surface area contributed by atoms with Crippen LogP contribution in [0.15, 0.2) is 0 Å². The molecule has 0 radical (unpaired) electrons. The van der Waals surface area contributed by atoms with Crippen LogP contribution in [0.3, 0.4) is 0 Å². The molecule has 1 aliphatic heterocycles. The summed E-state index contributed by atoms with van der Waals surface area (Å²) in [6.45, 7) is -0.549. The first kappa shape index (κ1) is 12.9. The third-order valence-corrected chi connectivity index (χ3v) is 2.59. The van der Waals surface area contributed by atoms with Gasteiger partial charge in [0, 0.05) is 13.1 Å². The first-order valence-electron chi connectivity index (χ1n) is 5.97. The summed E-state index contributed by atoms with van der Waals surface area (Å²) in [5, 5.41) is 36.6. The molecule has 7 heteroatoms. The minimum atomic E-state index is -1.75. The molecule has 1 fully saturated rings. The Bertz CT molecular complexity index is 279. The summed E-state index contributed by atoms with van der Waals surface area (Å²) in [5.41, 5.74) is 0. The van der Waals surface area contributed by atoms with Crippen molar-refractivity contribution in [3.05, 3.63) is 0 Å². The monoisotopic (exact) mass is 250 g/mol. The average Bonchev–Trinajstić information content (AvgIpc) is 2.36. The van der Waals surface area contributed by atoms with Gasteiger partial charge in [0.2, 0.25) is 0 Å². The van der Waals surface area contributed by atoms with Crippen molar-refractivity contribution in [1.29, 1.82) is 0 Å². The smallest absolute Gasteiger partial charge is 0.177 e. The maximum Gasteiger partial charge on any atom is 0.177 e. The maximum atomic E-state index is 11.6. The number of morpholine rings is 1. The van der Waals surface area contributed by atoms with E-state index in [2.05, 4.69) is 0 Å². The lowest BCUT2D eigenvalue weighted by molar-refractivity contribution is -0.142. The Morgan fingerprint density at radius 1 is 1.41 bits per heavy atom. The Morgan fingerprint density at radius 2 is 2.12 bits per heavy atom. The fourth-order valence-corrected chi connectivity index (χ4v) is 1.48. The Kier molecular flexibility index (Phi) is 5.30. The molecule has 0 aromatic rings. The number of carbonyl (C=O) groups is 1. The fourth-order valence-electron chi connectivity index (χ4n) is 1.48. The van der Waals surface area contributed by atoms with Gasteiger partial charge in [-0.2, -0.15) is 0 Å². The zero-order valence-electron chi connectivity index (χ0n) is 10.4. The molecule has 0 bridgehead atoms. The second-order valence-corrected chi connectivity index (χ2v) is 3.92. The number of nitrogens with zero attached hydrogens (tertiary/aromatic N) is 1. The molecule has 0 amide bonds. The minimum Gasteiger partial charge on any atom is -0.394 e. The Labute approximate surface area is 101 Å². The lowest BCUT2D eigenvalue weighted by Crippen LogP contribution is -2.48. The van der Waals surface area contributed by atoms with Crippen molar-refractivity contribution < 1.29 is 31.3 Å². The number of rotatable bonds is 6. The summed E-state index contributed by atoms with van der Waals surface area (Å²) < 4.78 is 12.4. The van der Waals surface area contributed by atoms with Crippen LogP contribution >= 0.6 is 0 Å². The number of hydrogen-bond donors (Lipinski definition) is 4. The van der Waals surface area contributed by atoms with Crippen LogP contribution < -0.4 is 0 Å². The molecule has 7 nitrogen and oxygen atoms in total. The van der Waals surface area contributed by atoms with Crippen molar-refractivity contribution in [3.8, 4) is 0 Å². The highest BCUT2D eigenvalue weighted by Gasteiger charge is 2.30. The largest absolute Gasteiger partial charge is 0.394 e. The summed E-state index contributed by atoms with van der Waals surface area (Å²) >= 11 is 0. The van der Waals surface area contributed by atoms with E-state index in [0.29, 0.717) is 13.2 Å². The first-order valence-corrected chi connectivity index (χ1v) is 5.39. The molecule has 100 valence electrons. The van der Waals surface area contributed by atoms with Gasteiger partial charge >= 0.3 is 0 Å². The van der Waals surface area contributed by atoms with Gasteiger partial charge in [-0.1, -0.05) is 0 Å². The highest BCUT2D eigenvalue weighted by atomic mass is 16.5. The molecular weight excluding hydrogens is 230 g/mol. The number of ether oxygens (including phenoxy) is 1. The van der Waals surface area contributed by atoms with E-state index in [1.807, 2.05) is 0 Å². The standard InChI is InChI=1S/C10H19NO6/c12-6-8(14)10(16)9(15)7(13)5-11-1-3-17-4-2-11/h8-10,12,14-16H,1-6H2/t8-,9-,10-/m1/s1/i3D/t3?,8-,9-,10-. The number of aliphatic hydroxyl groups excluding tert-OH is 4. The molecule has 1 unspecified atom stereocenters. The van der Waals surface area contributed by atoms with Crippen molar-refractivity contribution in [2.45, 2.75) is 18.3 Å². The lowest BCUT2D eigenvalue weighted by Gasteiger charge is -2.28. The van der Waals surface area contributed by atoms with Crippen LogP contribution in [0, 0.1) is 0 Å². The number of carbonyl (C=O) groups excluding carboxylic acids is 1. The van der Waals surface area contributed by atoms with Gasteiger partial charge in [-0.05, 0) is 0 Å². The molecule has 0 aromatic heterocycles. The highest BCUT2D eigenvalue weighted by Crippen LogP contribution is 2.04. The van der Waals surface area contributed by atoms with Crippen LogP contribution in [0.1, 0.15) is 1.37 Å². The van der Waals surface area contributed by atoms with Gasteiger partial charge < -0.3 is 25.2 Å². The van der Waals surface area contributed by atoms with Gasteiger partial charge in [0.1, 0.15) is 18.3 Å². The molecule has 1 saturated heterocycles. The van der Waals surface area contributed by atoms with Crippen molar-refractivity contribution >= 4 is 5.78 Å². The second-order valence-electron chi connectivity index (χ2n) is 3.92. The van der Waals surface area contributed by atoms with Gasteiger partial charge in [0.25, 0.3) is 0 Å². The van der Waals surface area contributed by atoms with Crippen molar-refractivity contribution in [3.63, 3.8) is 0 Å². The van der Waals surface area contributed by atoms with E-state index >= 15 is 0 Å². The van der Waals surface area contributed by atoms with Crippen LogP contribution in [0.5, 0.6) is 0 Å². The van der Waals surface area contributed by atoms with Crippen molar-refractivity contribution in [2.75, 3.05) is 39.4 Å². The molecule has 0 spiro atoms. The van der Waals surface area contributed by atoms with E-state index in [-0.39, 0.29) is 13.1 Å². The molecule has 0 aromatic carbocycles. The Balaban J connectivity index is 2.44. The molecule has 4 N–H and O–H groups in total. The van der Waals surface area contributed by atoms with E-state index in [4.69, 9.17) is 16.3 Å². The Hall–Kier alpha value is -0.570. The van der Waals surface area contributed by atoms with Crippen LogP contribution in [0.25, 0.3) is 0 Å². The summed E-state index contributed by atoms with van der Waals surface area (Å²) in [6.07, 6.45) is -5.02. The van der Waals surface area contributed by atoms with Gasteiger partial charge in [-0.15, -0.1) is 0 Å². The zero-order chi connectivity index (χ0) is 13.7.